The fourth-order valence-electron chi connectivity index (χ4n) is 2.98. The standard InChI is InChI=1S/C18H23NO/c1-11(2)17-16-14-8-6-5-7-13(14)9-10-15(16)20-18(19-17)12(3)4/h5-12,17-19H,1-4H3. The Kier molecular flexibility index (Phi) is 3.43. The number of ether oxygens (including phenoxy) is 1. The molecule has 2 heteroatoms. The lowest BCUT2D eigenvalue weighted by molar-refractivity contribution is 0.0720. The Bertz CT molecular complexity index is 618. The van der Waals surface area contributed by atoms with E-state index < -0.39 is 0 Å². The first-order chi connectivity index (χ1) is 9.58. The van der Waals surface area contributed by atoms with E-state index in [0.717, 1.165) is 5.75 Å². The summed E-state index contributed by atoms with van der Waals surface area (Å²) in [5, 5.41) is 6.27. The van der Waals surface area contributed by atoms with Gasteiger partial charge in [0.05, 0.1) is 0 Å². The highest BCUT2D eigenvalue weighted by Gasteiger charge is 2.32. The van der Waals surface area contributed by atoms with E-state index in [1.165, 1.54) is 16.3 Å². The van der Waals surface area contributed by atoms with Crippen molar-refractivity contribution in [3.8, 4) is 5.75 Å². The summed E-state index contributed by atoms with van der Waals surface area (Å²) in [6.07, 6.45) is 0.0936. The number of benzene rings is 2. The van der Waals surface area contributed by atoms with Crippen molar-refractivity contribution < 1.29 is 4.74 Å². The molecule has 1 aliphatic heterocycles. The molecule has 2 nitrogen and oxygen atoms in total. The predicted octanol–water partition coefficient (Wildman–Crippen LogP) is 4.50. The third-order valence-corrected chi connectivity index (χ3v) is 4.11. The minimum absolute atomic E-state index is 0.0936. The highest BCUT2D eigenvalue weighted by atomic mass is 16.5. The van der Waals surface area contributed by atoms with Crippen molar-refractivity contribution in [2.24, 2.45) is 11.8 Å². The molecule has 2 aromatic rings. The van der Waals surface area contributed by atoms with Gasteiger partial charge in [-0.05, 0) is 22.8 Å². The average molecular weight is 269 g/mol. The molecule has 0 saturated heterocycles. The lowest BCUT2D eigenvalue weighted by Crippen LogP contribution is -2.46. The van der Waals surface area contributed by atoms with Gasteiger partial charge in [-0.1, -0.05) is 58.0 Å². The molecule has 2 unspecified atom stereocenters. The SMILES string of the molecule is CC(C)C1NC(C(C)C)c2c(ccc3ccccc23)O1. The number of rotatable bonds is 2. The first kappa shape index (κ1) is 13.4. The normalized spacial score (nSPS) is 22.1. The fraction of sp³-hybridized carbons (Fsp3) is 0.444. The highest BCUT2D eigenvalue weighted by Crippen LogP contribution is 2.40. The number of fused-ring (bicyclic) bond motifs is 3. The molecule has 1 heterocycles. The van der Waals surface area contributed by atoms with Crippen molar-refractivity contribution in [3.63, 3.8) is 0 Å². The summed E-state index contributed by atoms with van der Waals surface area (Å²) in [5.74, 6) is 2.03. The molecule has 20 heavy (non-hydrogen) atoms. The van der Waals surface area contributed by atoms with E-state index in [9.17, 15) is 0 Å². The molecule has 0 spiro atoms. The molecule has 0 bridgehead atoms. The maximum atomic E-state index is 6.17. The number of nitrogens with one attached hydrogen (secondary N) is 1. The van der Waals surface area contributed by atoms with Gasteiger partial charge in [-0.15, -0.1) is 0 Å². The second kappa shape index (κ2) is 5.10. The van der Waals surface area contributed by atoms with Gasteiger partial charge in [0, 0.05) is 17.5 Å². The van der Waals surface area contributed by atoms with Crippen LogP contribution in [0.15, 0.2) is 36.4 Å². The molecule has 2 aromatic carbocycles. The van der Waals surface area contributed by atoms with Crippen molar-refractivity contribution in [3.05, 3.63) is 42.0 Å². The summed E-state index contributed by atoms with van der Waals surface area (Å²) >= 11 is 0. The van der Waals surface area contributed by atoms with Gasteiger partial charge < -0.3 is 4.74 Å². The summed E-state index contributed by atoms with van der Waals surface area (Å²) in [6.45, 7) is 8.93. The van der Waals surface area contributed by atoms with Gasteiger partial charge in [0.25, 0.3) is 0 Å². The Hall–Kier alpha value is -1.54. The fourth-order valence-corrected chi connectivity index (χ4v) is 2.98. The van der Waals surface area contributed by atoms with Gasteiger partial charge >= 0.3 is 0 Å². The summed E-state index contributed by atoms with van der Waals surface area (Å²) in [4.78, 5) is 0. The van der Waals surface area contributed by atoms with Crippen molar-refractivity contribution in [1.29, 1.82) is 0 Å². The molecule has 0 amide bonds. The Labute approximate surface area is 121 Å². The predicted molar refractivity (Wildman–Crippen MR) is 83.9 cm³/mol. The minimum Gasteiger partial charge on any atom is -0.475 e. The minimum atomic E-state index is 0.0936. The molecule has 0 aromatic heterocycles. The molecule has 106 valence electrons. The van der Waals surface area contributed by atoms with Crippen LogP contribution in [0.1, 0.15) is 39.3 Å². The maximum absolute atomic E-state index is 6.17. The van der Waals surface area contributed by atoms with Crippen LogP contribution in [-0.4, -0.2) is 6.23 Å². The summed E-state index contributed by atoms with van der Waals surface area (Å²) in [6, 6.07) is 13.2. The smallest absolute Gasteiger partial charge is 0.152 e. The molecular weight excluding hydrogens is 246 g/mol. The van der Waals surface area contributed by atoms with Gasteiger partial charge in [-0.2, -0.15) is 0 Å². The second-order valence-corrected chi connectivity index (χ2v) is 6.37. The zero-order chi connectivity index (χ0) is 14.3. The topological polar surface area (TPSA) is 21.3 Å². The van der Waals surface area contributed by atoms with Crippen molar-refractivity contribution in [1.82, 2.24) is 5.32 Å². The Balaban J connectivity index is 2.18. The van der Waals surface area contributed by atoms with Gasteiger partial charge in [-0.25, -0.2) is 0 Å². The van der Waals surface area contributed by atoms with Crippen molar-refractivity contribution in [2.45, 2.75) is 40.0 Å². The zero-order valence-electron chi connectivity index (χ0n) is 12.7. The molecule has 0 saturated carbocycles. The van der Waals surface area contributed by atoms with Crippen LogP contribution < -0.4 is 10.1 Å². The van der Waals surface area contributed by atoms with Crippen LogP contribution in [0.3, 0.4) is 0 Å². The van der Waals surface area contributed by atoms with Crippen LogP contribution in [0.25, 0.3) is 10.8 Å². The van der Waals surface area contributed by atoms with Crippen LogP contribution in [0.5, 0.6) is 5.75 Å². The summed E-state index contributed by atoms with van der Waals surface area (Å²) in [7, 11) is 0. The molecule has 0 fully saturated rings. The lowest BCUT2D eigenvalue weighted by Gasteiger charge is -2.38. The van der Waals surface area contributed by atoms with Crippen molar-refractivity contribution >= 4 is 10.8 Å². The molecule has 0 aliphatic carbocycles. The lowest BCUT2D eigenvalue weighted by atomic mass is 9.89. The molecule has 1 N–H and O–H groups in total. The van der Waals surface area contributed by atoms with Crippen LogP contribution in [-0.2, 0) is 0 Å². The number of hydrogen-bond acceptors (Lipinski definition) is 2. The Morgan fingerprint density at radius 1 is 0.950 bits per heavy atom. The first-order valence-corrected chi connectivity index (χ1v) is 7.52. The second-order valence-electron chi connectivity index (χ2n) is 6.37. The molecule has 1 aliphatic rings. The van der Waals surface area contributed by atoms with Crippen LogP contribution in [0, 0.1) is 11.8 Å². The van der Waals surface area contributed by atoms with E-state index in [4.69, 9.17) is 4.74 Å². The summed E-state index contributed by atoms with van der Waals surface area (Å²) in [5.41, 5.74) is 1.31. The van der Waals surface area contributed by atoms with Crippen LogP contribution in [0.4, 0.5) is 0 Å². The van der Waals surface area contributed by atoms with Gasteiger partial charge in [-0.3, -0.25) is 5.32 Å². The van der Waals surface area contributed by atoms with Crippen molar-refractivity contribution in [2.75, 3.05) is 0 Å². The largest absolute Gasteiger partial charge is 0.475 e. The van der Waals surface area contributed by atoms with E-state index in [1.54, 1.807) is 0 Å². The molecule has 0 radical (unpaired) electrons. The zero-order valence-corrected chi connectivity index (χ0v) is 12.7. The quantitative estimate of drug-likeness (QED) is 0.866. The van der Waals surface area contributed by atoms with Crippen LogP contribution in [0.2, 0.25) is 0 Å². The number of hydrogen-bond donors (Lipinski definition) is 1. The third kappa shape index (κ3) is 2.18. The van der Waals surface area contributed by atoms with E-state index in [1.807, 2.05) is 0 Å². The van der Waals surface area contributed by atoms with E-state index in [2.05, 4.69) is 69.4 Å². The van der Waals surface area contributed by atoms with Gasteiger partial charge in [0.1, 0.15) is 5.75 Å². The van der Waals surface area contributed by atoms with E-state index in [-0.39, 0.29) is 6.23 Å². The van der Waals surface area contributed by atoms with Gasteiger partial charge in [0.2, 0.25) is 0 Å². The Morgan fingerprint density at radius 2 is 1.70 bits per heavy atom. The Morgan fingerprint density at radius 3 is 2.40 bits per heavy atom. The van der Waals surface area contributed by atoms with E-state index in [0.29, 0.717) is 17.9 Å². The van der Waals surface area contributed by atoms with E-state index >= 15 is 0 Å². The highest BCUT2D eigenvalue weighted by molar-refractivity contribution is 5.88. The monoisotopic (exact) mass is 269 g/mol. The molecule has 2 atom stereocenters. The van der Waals surface area contributed by atoms with Gasteiger partial charge in [0.15, 0.2) is 6.23 Å². The first-order valence-electron chi connectivity index (χ1n) is 7.52. The third-order valence-electron chi connectivity index (χ3n) is 4.11. The summed E-state index contributed by atoms with van der Waals surface area (Å²) < 4.78 is 6.17. The van der Waals surface area contributed by atoms with Crippen LogP contribution >= 0.6 is 0 Å². The maximum Gasteiger partial charge on any atom is 0.152 e. The molecule has 3 rings (SSSR count). The molecular formula is C18H23NO. The average Bonchev–Trinajstić information content (AvgIpc) is 2.45.